The second kappa shape index (κ2) is 12.8. The van der Waals surface area contributed by atoms with E-state index < -0.39 is 18.3 Å². The van der Waals surface area contributed by atoms with Gasteiger partial charge < -0.3 is 25.0 Å². The second-order valence-electron chi connectivity index (χ2n) is 10.6. The fraction of sp³-hybridized carbons (Fsp3) is 0.607. The summed E-state index contributed by atoms with van der Waals surface area (Å²) in [6.45, 7) is 5.14. The van der Waals surface area contributed by atoms with Crippen LogP contribution in [0.4, 0.5) is 10.2 Å². The topological polar surface area (TPSA) is 93.6 Å². The van der Waals surface area contributed by atoms with Gasteiger partial charge in [-0.15, -0.1) is 0 Å². The predicted octanol–water partition coefficient (Wildman–Crippen LogP) is 1.99. The first-order valence-electron chi connectivity index (χ1n) is 13.6. The monoisotopic (exact) mass is 529 g/mol. The van der Waals surface area contributed by atoms with Crippen molar-refractivity contribution in [1.82, 2.24) is 19.7 Å². The molecule has 1 aromatic heterocycles. The maximum absolute atomic E-state index is 14.4. The number of pyridine rings is 1. The van der Waals surface area contributed by atoms with Gasteiger partial charge in [-0.05, 0) is 42.9 Å². The zero-order valence-electron chi connectivity index (χ0n) is 22.1. The average molecular weight is 530 g/mol. The summed E-state index contributed by atoms with van der Waals surface area (Å²) in [5, 5.41) is 24.1. The van der Waals surface area contributed by atoms with Gasteiger partial charge in [0.05, 0.1) is 25.6 Å². The number of aliphatic hydroxyl groups excluding tert-OH is 2. The van der Waals surface area contributed by atoms with E-state index in [4.69, 9.17) is 9.47 Å². The summed E-state index contributed by atoms with van der Waals surface area (Å²) in [6.07, 6.45) is 3.47. The number of likely N-dealkylation sites (tertiary alicyclic amines) is 2. The van der Waals surface area contributed by atoms with Crippen LogP contribution >= 0.6 is 0 Å². The van der Waals surface area contributed by atoms with Crippen molar-refractivity contribution in [3.05, 3.63) is 59.0 Å². The maximum atomic E-state index is 14.4. The largest absolute Gasteiger partial charge is 0.390 e. The molecule has 10 heteroatoms. The van der Waals surface area contributed by atoms with Crippen molar-refractivity contribution in [2.75, 3.05) is 51.9 Å². The number of aromatic nitrogens is 1. The first-order chi connectivity index (χ1) is 18.5. The number of nitrogens with one attached hydrogen (secondary N) is 1. The number of hydrogen-bond acceptors (Lipinski definition) is 9. The van der Waals surface area contributed by atoms with Crippen molar-refractivity contribution >= 4 is 5.82 Å². The Labute approximate surface area is 224 Å². The minimum atomic E-state index is -0.877. The minimum absolute atomic E-state index is 0.139. The molecule has 1 unspecified atom stereocenters. The van der Waals surface area contributed by atoms with E-state index in [1.54, 1.807) is 6.07 Å². The molecule has 2 saturated heterocycles. The lowest BCUT2D eigenvalue weighted by molar-refractivity contribution is -0.181. The molecule has 0 saturated carbocycles. The van der Waals surface area contributed by atoms with Gasteiger partial charge in [0.25, 0.3) is 0 Å². The molecule has 0 aliphatic carbocycles. The van der Waals surface area contributed by atoms with Gasteiger partial charge in [0.15, 0.2) is 0 Å². The van der Waals surface area contributed by atoms with Gasteiger partial charge >= 0.3 is 0 Å². The summed E-state index contributed by atoms with van der Waals surface area (Å²) < 4.78 is 25.3. The number of anilines is 1. The number of piperidine rings is 2. The summed E-state index contributed by atoms with van der Waals surface area (Å²) in [5.41, 5.74) is 3.23. The zero-order chi connectivity index (χ0) is 26.5. The van der Waals surface area contributed by atoms with Crippen LogP contribution in [0.2, 0.25) is 0 Å². The quantitative estimate of drug-likeness (QED) is 0.422. The SMILES string of the molecule is COC(O)N1CCC(Nc2cc(COCN3CC[C@H](N4CCc5ccccc5C4)[C@@H](O)C3)c(F)cn2)CC1. The Morgan fingerprint density at radius 1 is 1.13 bits per heavy atom. The Bertz CT molecular complexity index is 1050. The number of methoxy groups -OCH3 is 1. The summed E-state index contributed by atoms with van der Waals surface area (Å²) >= 11 is 0. The molecule has 4 heterocycles. The molecule has 2 aromatic rings. The molecule has 0 radical (unpaired) electrons. The van der Waals surface area contributed by atoms with Crippen molar-refractivity contribution in [3.8, 4) is 0 Å². The molecule has 38 heavy (non-hydrogen) atoms. The standard InChI is InChI=1S/C28H40FN5O4/c1-37-28(36)33-12-7-23(8-13-33)31-27-14-22(24(29)15-30-27)18-38-19-32-10-9-25(26(35)17-32)34-11-6-20-4-2-3-5-21(20)16-34/h2-5,14-15,23,25-26,28,35-36H,6-13,16-19H2,1H3,(H,30,31)/t25-,26-,28?/m0/s1. The van der Waals surface area contributed by atoms with Crippen LogP contribution in [0.25, 0.3) is 0 Å². The smallest absolute Gasteiger partial charge is 0.215 e. The minimum Gasteiger partial charge on any atom is -0.390 e. The second-order valence-corrected chi connectivity index (χ2v) is 10.6. The number of fused-ring (bicyclic) bond motifs is 1. The Morgan fingerprint density at radius 2 is 1.92 bits per heavy atom. The van der Waals surface area contributed by atoms with Crippen LogP contribution in [0.3, 0.4) is 0 Å². The third-order valence-corrected chi connectivity index (χ3v) is 8.13. The van der Waals surface area contributed by atoms with Gasteiger partial charge in [-0.2, -0.15) is 0 Å². The molecule has 0 spiro atoms. The van der Waals surface area contributed by atoms with Crippen molar-refractivity contribution < 1.29 is 24.1 Å². The molecular formula is C28H40FN5O4. The molecule has 9 nitrogen and oxygen atoms in total. The van der Waals surface area contributed by atoms with E-state index in [1.165, 1.54) is 24.4 Å². The van der Waals surface area contributed by atoms with Crippen LogP contribution in [-0.4, -0.2) is 101 Å². The van der Waals surface area contributed by atoms with Crippen LogP contribution < -0.4 is 5.32 Å². The van der Waals surface area contributed by atoms with Crippen LogP contribution in [0.5, 0.6) is 0 Å². The van der Waals surface area contributed by atoms with Crippen molar-refractivity contribution in [3.63, 3.8) is 0 Å². The number of β-amino-alcohol motifs (C(OH)–C–C–N with tert-alkyl or cyclic N) is 1. The first-order valence-corrected chi connectivity index (χ1v) is 13.6. The molecule has 3 atom stereocenters. The lowest BCUT2D eigenvalue weighted by Crippen LogP contribution is -2.55. The molecule has 3 N–H and O–H groups in total. The number of ether oxygens (including phenoxy) is 2. The number of halogens is 1. The highest BCUT2D eigenvalue weighted by Gasteiger charge is 2.33. The highest BCUT2D eigenvalue weighted by atomic mass is 19.1. The molecule has 0 bridgehead atoms. The van der Waals surface area contributed by atoms with Gasteiger partial charge in [-0.1, -0.05) is 24.3 Å². The van der Waals surface area contributed by atoms with Gasteiger partial charge in [-0.3, -0.25) is 14.7 Å². The van der Waals surface area contributed by atoms with E-state index in [-0.39, 0.29) is 18.7 Å². The fourth-order valence-corrected chi connectivity index (χ4v) is 5.91. The highest BCUT2D eigenvalue weighted by Crippen LogP contribution is 2.25. The van der Waals surface area contributed by atoms with Gasteiger partial charge in [0, 0.05) is 64.0 Å². The molecule has 1 aromatic carbocycles. The van der Waals surface area contributed by atoms with Gasteiger partial charge in [0.1, 0.15) is 11.6 Å². The van der Waals surface area contributed by atoms with E-state index in [9.17, 15) is 14.6 Å². The zero-order valence-corrected chi connectivity index (χ0v) is 22.1. The first kappa shape index (κ1) is 27.4. The van der Waals surface area contributed by atoms with Crippen molar-refractivity contribution in [1.29, 1.82) is 0 Å². The highest BCUT2D eigenvalue weighted by molar-refractivity contribution is 5.39. The van der Waals surface area contributed by atoms with Gasteiger partial charge in [-0.25, -0.2) is 9.37 Å². The molecule has 208 valence electrons. The third kappa shape index (κ3) is 6.69. The Kier molecular flexibility index (Phi) is 9.21. The summed E-state index contributed by atoms with van der Waals surface area (Å²) in [6, 6.07) is 10.6. The molecule has 3 aliphatic rings. The van der Waals surface area contributed by atoms with E-state index >= 15 is 0 Å². The van der Waals surface area contributed by atoms with Crippen LogP contribution in [0, 0.1) is 5.82 Å². The van der Waals surface area contributed by atoms with Crippen molar-refractivity contribution in [2.24, 2.45) is 0 Å². The third-order valence-electron chi connectivity index (χ3n) is 8.13. The average Bonchev–Trinajstić information content (AvgIpc) is 2.94. The molecule has 2 fully saturated rings. The fourth-order valence-electron chi connectivity index (χ4n) is 5.91. The van der Waals surface area contributed by atoms with E-state index in [1.807, 2.05) is 4.90 Å². The number of hydrogen-bond donors (Lipinski definition) is 3. The number of aliphatic hydroxyl groups is 2. The predicted molar refractivity (Wildman–Crippen MR) is 142 cm³/mol. The molecule has 5 rings (SSSR count). The van der Waals surface area contributed by atoms with Gasteiger partial charge in [0.2, 0.25) is 6.41 Å². The van der Waals surface area contributed by atoms with Crippen LogP contribution in [-0.2, 0) is 29.0 Å². The summed E-state index contributed by atoms with van der Waals surface area (Å²) in [4.78, 5) is 10.6. The number of rotatable bonds is 9. The Balaban J connectivity index is 1.06. The van der Waals surface area contributed by atoms with E-state index in [0.29, 0.717) is 37.7 Å². The van der Waals surface area contributed by atoms with Crippen LogP contribution in [0.1, 0.15) is 36.0 Å². The van der Waals surface area contributed by atoms with E-state index in [0.717, 1.165) is 45.3 Å². The van der Waals surface area contributed by atoms with Crippen molar-refractivity contribution in [2.45, 2.75) is 63.4 Å². The number of nitrogens with zero attached hydrogens (tertiary/aromatic N) is 4. The molecular weight excluding hydrogens is 489 g/mol. The lowest BCUT2D eigenvalue weighted by atomic mass is 9.94. The molecule has 0 amide bonds. The van der Waals surface area contributed by atoms with E-state index in [2.05, 4.69) is 44.4 Å². The number of benzene rings is 1. The summed E-state index contributed by atoms with van der Waals surface area (Å²) in [5.74, 6) is 0.229. The molecule has 3 aliphatic heterocycles. The maximum Gasteiger partial charge on any atom is 0.215 e. The Hall–Kier alpha value is -2.18. The Morgan fingerprint density at radius 3 is 2.68 bits per heavy atom. The summed E-state index contributed by atoms with van der Waals surface area (Å²) in [7, 11) is 1.49. The lowest BCUT2D eigenvalue weighted by Gasteiger charge is -2.43. The normalized spacial score (nSPS) is 24.7. The van der Waals surface area contributed by atoms with Crippen LogP contribution in [0.15, 0.2) is 36.5 Å².